The molecule has 0 aromatic heterocycles. The predicted octanol–water partition coefficient (Wildman–Crippen LogP) is 0.973. The summed E-state index contributed by atoms with van der Waals surface area (Å²) >= 11 is 0. The van der Waals surface area contributed by atoms with Crippen molar-refractivity contribution >= 4 is 11.9 Å². The van der Waals surface area contributed by atoms with Crippen LogP contribution in [-0.2, 0) is 19.0 Å². The lowest BCUT2D eigenvalue weighted by Gasteiger charge is -2.21. The molecular weight excluding hydrogens is 302 g/mol. The van der Waals surface area contributed by atoms with Crippen molar-refractivity contribution in [3.05, 3.63) is 29.8 Å². The van der Waals surface area contributed by atoms with Crippen LogP contribution >= 0.6 is 0 Å². The highest BCUT2D eigenvalue weighted by molar-refractivity contribution is 5.91. The third-order valence-electron chi connectivity index (χ3n) is 3.14. The van der Waals surface area contributed by atoms with Crippen LogP contribution in [0.5, 0.6) is 5.75 Å². The lowest BCUT2D eigenvalue weighted by Crippen LogP contribution is -2.39. The fraction of sp³-hybridized carbons (Fsp3) is 0.500. The molecule has 0 aliphatic carbocycles. The summed E-state index contributed by atoms with van der Waals surface area (Å²) in [5, 5.41) is 0. The molecule has 7 heteroatoms. The van der Waals surface area contributed by atoms with Gasteiger partial charge in [0.2, 0.25) is 0 Å². The van der Waals surface area contributed by atoms with Gasteiger partial charge < -0.3 is 23.8 Å². The molecule has 1 aromatic rings. The van der Waals surface area contributed by atoms with Crippen molar-refractivity contribution in [2.75, 3.05) is 54.2 Å². The molecule has 0 heterocycles. The van der Waals surface area contributed by atoms with E-state index in [0.717, 1.165) is 0 Å². The van der Waals surface area contributed by atoms with Gasteiger partial charge in [-0.15, -0.1) is 0 Å². The Labute approximate surface area is 136 Å². The molecule has 0 bridgehead atoms. The molecule has 0 N–H and O–H groups in total. The van der Waals surface area contributed by atoms with Gasteiger partial charge in [0.1, 0.15) is 5.75 Å². The van der Waals surface area contributed by atoms with Crippen molar-refractivity contribution in [3.8, 4) is 5.75 Å². The van der Waals surface area contributed by atoms with Crippen molar-refractivity contribution in [3.63, 3.8) is 0 Å². The van der Waals surface area contributed by atoms with Crippen LogP contribution in [0.1, 0.15) is 10.4 Å². The normalized spacial score (nSPS) is 10.2. The Morgan fingerprint density at radius 3 is 2.00 bits per heavy atom. The Kier molecular flexibility index (Phi) is 8.71. The van der Waals surface area contributed by atoms with Gasteiger partial charge in [-0.05, 0) is 24.3 Å². The molecule has 0 spiro atoms. The van der Waals surface area contributed by atoms with E-state index in [2.05, 4.69) is 0 Å². The quantitative estimate of drug-likeness (QED) is 0.597. The van der Waals surface area contributed by atoms with E-state index in [1.165, 1.54) is 4.90 Å². The zero-order valence-electron chi connectivity index (χ0n) is 13.7. The Morgan fingerprint density at radius 1 is 0.957 bits per heavy atom. The van der Waals surface area contributed by atoms with Crippen LogP contribution in [0, 0.1) is 0 Å². The number of ether oxygens (including phenoxy) is 4. The zero-order valence-corrected chi connectivity index (χ0v) is 13.7. The van der Waals surface area contributed by atoms with Gasteiger partial charge in [-0.25, -0.2) is 4.79 Å². The first-order valence-electron chi connectivity index (χ1n) is 7.19. The maximum absolute atomic E-state index is 12.1. The average molecular weight is 325 g/mol. The number of hydrogen-bond acceptors (Lipinski definition) is 6. The molecule has 0 atom stereocenters. The van der Waals surface area contributed by atoms with E-state index in [0.29, 0.717) is 37.6 Å². The average Bonchev–Trinajstić information content (AvgIpc) is 2.59. The van der Waals surface area contributed by atoms with Gasteiger partial charge in [0.25, 0.3) is 5.91 Å². The van der Waals surface area contributed by atoms with E-state index < -0.39 is 5.97 Å². The van der Waals surface area contributed by atoms with Crippen LogP contribution in [-0.4, -0.2) is 71.0 Å². The largest absolute Gasteiger partial charge is 0.497 e. The number of amides is 1. The lowest BCUT2D eigenvalue weighted by atomic mass is 10.2. The van der Waals surface area contributed by atoms with Gasteiger partial charge in [-0.3, -0.25) is 4.79 Å². The Bertz CT molecular complexity index is 480. The molecule has 1 rings (SSSR count). The first-order valence-corrected chi connectivity index (χ1v) is 7.19. The van der Waals surface area contributed by atoms with Crippen LogP contribution in [0.4, 0.5) is 0 Å². The molecule has 23 heavy (non-hydrogen) atoms. The first-order chi connectivity index (χ1) is 11.1. The van der Waals surface area contributed by atoms with E-state index in [1.807, 2.05) is 0 Å². The topological polar surface area (TPSA) is 74.3 Å². The minimum Gasteiger partial charge on any atom is -0.497 e. The number of methoxy groups -OCH3 is 3. The molecule has 128 valence electrons. The van der Waals surface area contributed by atoms with Crippen molar-refractivity contribution in [2.45, 2.75) is 0 Å². The third kappa shape index (κ3) is 6.66. The summed E-state index contributed by atoms with van der Waals surface area (Å²) in [5.41, 5.74) is 0.360. The summed E-state index contributed by atoms with van der Waals surface area (Å²) in [6, 6.07) is 6.47. The fourth-order valence-corrected chi connectivity index (χ4v) is 1.79. The van der Waals surface area contributed by atoms with Gasteiger partial charge in [-0.2, -0.15) is 0 Å². The lowest BCUT2D eigenvalue weighted by molar-refractivity contribution is -0.135. The van der Waals surface area contributed by atoms with E-state index in [9.17, 15) is 9.59 Å². The highest BCUT2D eigenvalue weighted by Crippen LogP contribution is 2.12. The minimum absolute atomic E-state index is 0.291. The van der Waals surface area contributed by atoms with Crippen LogP contribution in [0.25, 0.3) is 0 Å². The molecule has 0 aliphatic heterocycles. The molecular formula is C16H23NO6. The molecule has 0 radical (unpaired) electrons. The van der Waals surface area contributed by atoms with E-state index in [1.54, 1.807) is 45.6 Å². The third-order valence-corrected chi connectivity index (χ3v) is 3.14. The van der Waals surface area contributed by atoms with Gasteiger partial charge in [0.05, 0.1) is 25.9 Å². The van der Waals surface area contributed by atoms with Crippen molar-refractivity contribution in [2.24, 2.45) is 0 Å². The van der Waals surface area contributed by atoms with Gasteiger partial charge in [-0.1, -0.05) is 0 Å². The SMILES string of the molecule is COCCN(CCOC)C(=O)COC(=O)c1ccc(OC)cc1. The summed E-state index contributed by atoms with van der Waals surface area (Å²) in [6.07, 6.45) is 0. The highest BCUT2D eigenvalue weighted by atomic mass is 16.5. The second-order valence-electron chi connectivity index (χ2n) is 4.67. The van der Waals surface area contributed by atoms with Gasteiger partial charge >= 0.3 is 5.97 Å². The summed E-state index contributed by atoms with van der Waals surface area (Å²) in [7, 11) is 4.66. The Morgan fingerprint density at radius 2 is 1.52 bits per heavy atom. The maximum Gasteiger partial charge on any atom is 0.338 e. The maximum atomic E-state index is 12.1. The van der Waals surface area contributed by atoms with Crippen LogP contribution in [0.2, 0.25) is 0 Å². The number of hydrogen-bond donors (Lipinski definition) is 0. The summed E-state index contributed by atoms with van der Waals surface area (Å²) in [4.78, 5) is 25.6. The smallest absolute Gasteiger partial charge is 0.338 e. The van der Waals surface area contributed by atoms with Crippen molar-refractivity contribution < 1.29 is 28.5 Å². The summed E-state index contributed by atoms with van der Waals surface area (Å²) in [6.45, 7) is 1.32. The van der Waals surface area contributed by atoms with Crippen molar-refractivity contribution in [1.29, 1.82) is 0 Å². The second kappa shape index (κ2) is 10.6. The zero-order chi connectivity index (χ0) is 17.1. The molecule has 0 unspecified atom stereocenters. The molecule has 1 amide bonds. The number of rotatable bonds is 10. The monoisotopic (exact) mass is 325 g/mol. The standard InChI is InChI=1S/C16H23NO6/c1-20-10-8-17(9-11-21-2)15(18)12-23-16(19)13-4-6-14(22-3)7-5-13/h4-7H,8-12H2,1-3H3. The Balaban J connectivity index is 2.51. The van der Waals surface area contributed by atoms with Crippen LogP contribution in [0.3, 0.4) is 0 Å². The summed E-state index contributed by atoms with van der Waals surface area (Å²) in [5.74, 6) is -0.205. The highest BCUT2D eigenvalue weighted by Gasteiger charge is 2.16. The molecule has 0 saturated carbocycles. The van der Waals surface area contributed by atoms with Crippen LogP contribution < -0.4 is 4.74 Å². The minimum atomic E-state index is -0.556. The number of carbonyl (C=O) groups excluding carboxylic acids is 2. The predicted molar refractivity (Wildman–Crippen MR) is 83.6 cm³/mol. The Hall–Kier alpha value is -2.12. The molecule has 0 aliphatic rings. The van der Waals surface area contributed by atoms with Gasteiger partial charge in [0, 0.05) is 27.3 Å². The van der Waals surface area contributed by atoms with Gasteiger partial charge in [0.15, 0.2) is 6.61 Å². The first kappa shape index (κ1) is 18.9. The molecule has 0 fully saturated rings. The molecule has 7 nitrogen and oxygen atoms in total. The number of benzene rings is 1. The van der Waals surface area contributed by atoms with E-state index >= 15 is 0 Å². The number of carbonyl (C=O) groups is 2. The molecule has 1 aromatic carbocycles. The summed E-state index contributed by atoms with van der Waals surface area (Å²) < 4.78 is 20.0. The second-order valence-corrected chi connectivity index (χ2v) is 4.67. The fourth-order valence-electron chi connectivity index (χ4n) is 1.79. The van der Waals surface area contributed by atoms with Crippen molar-refractivity contribution in [1.82, 2.24) is 4.90 Å². The number of nitrogens with zero attached hydrogens (tertiary/aromatic N) is 1. The van der Waals surface area contributed by atoms with Crippen LogP contribution in [0.15, 0.2) is 24.3 Å². The van der Waals surface area contributed by atoms with E-state index in [4.69, 9.17) is 18.9 Å². The number of esters is 1. The van der Waals surface area contributed by atoms with E-state index in [-0.39, 0.29) is 12.5 Å². The molecule has 0 saturated heterocycles.